The fraction of sp³-hybridized carbons (Fsp3) is 0.409. The van der Waals surface area contributed by atoms with Gasteiger partial charge in [0.1, 0.15) is 5.82 Å². The zero-order valence-electron chi connectivity index (χ0n) is 15.6. The maximum Gasteiger partial charge on any atom is 0.251 e. The first-order chi connectivity index (χ1) is 13.1. The standard InChI is InChI=1S/C22H28FN3O/c23-21-11-5-4-9-18(21)15-19(24)12-14-26-13-6-10-20(26)16-25-22(27)17-7-2-1-3-8-17/h1-5,7-9,11,19-20H,6,10,12-16,24H2,(H,25,27)/t19-,20-/m0/s1. The Bertz CT molecular complexity index is 737. The highest BCUT2D eigenvalue weighted by molar-refractivity contribution is 5.94. The van der Waals surface area contributed by atoms with Crippen LogP contribution in [0.2, 0.25) is 0 Å². The van der Waals surface area contributed by atoms with Crippen molar-refractivity contribution in [2.24, 2.45) is 5.73 Å². The van der Waals surface area contributed by atoms with Crippen LogP contribution in [0.25, 0.3) is 0 Å². The summed E-state index contributed by atoms with van der Waals surface area (Å²) in [6.45, 7) is 2.55. The lowest BCUT2D eigenvalue weighted by molar-refractivity contribution is 0.0940. The van der Waals surface area contributed by atoms with Gasteiger partial charge in [-0.2, -0.15) is 0 Å². The number of hydrogen-bond acceptors (Lipinski definition) is 3. The van der Waals surface area contributed by atoms with Crippen molar-refractivity contribution in [3.05, 3.63) is 71.5 Å². The molecule has 3 rings (SSSR count). The molecule has 0 aromatic heterocycles. The van der Waals surface area contributed by atoms with Gasteiger partial charge in [-0.15, -0.1) is 0 Å². The van der Waals surface area contributed by atoms with Crippen molar-refractivity contribution in [1.82, 2.24) is 10.2 Å². The highest BCUT2D eigenvalue weighted by Crippen LogP contribution is 2.18. The van der Waals surface area contributed by atoms with Crippen LogP contribution in [0.1, 0.15) is 35.2 Å². The van der Waals surface area contributed by atoms with E-state index in [4.69, 9.17) is 5.73 Å². The molecule has 0 radical (unpaired) electrons. The summed E-state index contributed by atoms with van der Waals surface area (Å²) >= 11 is 0. The van der Waals surface area contributed by atoms with Crippen LogP contribution in [0, 0.1) is 5.82 Å². The van der Waals surface area contributed by atoms with E-state index in [1.165, 1.54) is 6.07 Å². The molecule has 1 amide bonds. The van der Waals surface area contributed by atoms with E-state index in [0.29, 0.717) is 30.1 Å². The number of nitrogens with two attached hydrogens (primary N) is 1. The average molecular weight is 369 g/mol. The fourth-order valence-electron chi connectivity index (χ4n) is 3.70. The Kier molecular flexibility index (Phi) is 6.96. The zero-order valence-corrected chi connectivity index (χ0v) is 15.6. The molecule has 4 nitrogen and oxygen atoms in total. The van der Waals surface area contributed by atoms with Crippen LogP contribution < -0.4 is 11.1 Å². The molecule has 27 heavy (non-hydrogen) atoms. The summed E-state index contributed by atoms with van der Waals surface area (Å²) in [4.78, 5) is 14.6. The molecule has 1 aliphatic heterocycles. The molecule has 5 heteroatoms. The monoisotopic (exact) mass is 369 g/mol. The quantitative estimate of drug-likeness (QED) is 0.752. The molecule has 0 bridgehead atoms. The van der Waals surface area contributed by atoms with Gasteiger partial charge < -0.3 is 11.1 Å². The molecule has 1 heterocycles. The molecule has 2 aromatic carbocycles. The first-order valence-corrected chi connectivity index (χ1v) is 9.70. The van der Waals surface area contributed by atoms with Crippen molar-refractivity contribution in [1.29, 1.82) is 0 Å². The largest absolute Gasteiger partial charge is 0.350 e. The third-order valence-corrected chi connectivity index (χ3v) is 5.26. The van der Waals surface area contributed by atoms with Gasteiger partial charge in [-0.25, -0.2) is 4.39 Å². The molecule has 1 fully saturated rings. The third kappa shape index (κ3) is 5.62. The normalized spacial score (nSPS) is 18.4. The van der Waals surface area contributed by atoms with Crippen LogP contribution in [0.5, 0.6) is 0 Å². The van der Waals surface area contributed by atoms with E-state index < -0.39 is 0 Å². The van der Waals surface area contributed by atoms with Gasteiger partial charge >= 0.3 is 0 Å². The highest BCUT2D eigenvalue weighted by atomic mass is 19.1. The van der Waals surface area contributed by atoms with Crippen LogP contribution in [0.15, 0.2) is 54.6 Å². The lowest BCUT2D eigenvalue weighted by Crippen LogP contribution is -2.42. The summed E-state index contributed by atoms with van der Waals surface area (Å²) in [6.07, 6.45) is 3.58. The molecule has 0 unspecified atom stereocenters. The molecule has 2 aromatic rings. The first-order valence-electron chi connectivity index (χ1n) is 9.70. The van der Waals surface area contributed by atoms with Gasteiger partial charge in [-0.3, -0.25) is 9.69 Å². The van der Waals surface area contributed by atoms with Crippen molar-refractivity contribution in [2.45, 2.75) is 37.8 Å². The van der Waals surface area contributed by atoms with Crippen molar-refractivity contribution in [3.63, 3.8) is 0 Å². The fourth-order valence-corrected chi connectivity index (χ4v) is 3.70. The van der Waals surface area contributed by atoms with Crippen molar-refractivity contribution < 1.29 is 9.18 Å². The number of amides is 1. The van der Waals surface area contributed by atoms with E-state index in [1.54, 1.807) is 12.1 Å². The number of likely N-dealkylation sites (tertiary alicyclic amines) is 1. The van der Waals surface area contributed by atoms with Crippen LogP contribution in [0.4, 0.5) is 4.39 Å². The number of nitrogens with one attached hydrogen (secondary N) is 1. The Hall–Kier alpha value is -2.24. The molecular weight excluding hydrogens is 341 g/mol. The van der Waals surface area contributed by atoms with E-state index in [1.807, 2.05) is 36.4 Å². The zero-order chi connectivity index (χ0) is 19.1. The summed E-state index contributed by atoms with van der Waals surface area (Å²) < 4.78 is 13.8. The summed E-state index contributed by atoms with van der Waals surface area (Å²) in [5.74, 6) is -0.214. The number of carbonyl (C=O) groups excluding carboxylic acids is 1. The van der Waals surface area contributed by atoms with Gasteiger partial charge in [0.25, 0.3) is 5.91 Å². The second kappa shape index (κ2) is 9.62. The minimum Gasteiger partial charge on any atom is -0.350 e. The summed E-state index contributed by atoms with van der Waals surface area (Å²) in [7, 11) is 0. The van der Waals surface area contributed by atoms with E-state index in [-0.39, 0.29) is 17.8 Å². The number of halogens is 1. The van der Waals surface area contributed by atoms with Gasteiger partial charge in [-0.05, 0) is 62.5 Å². The smallest absolute Gasteiger partial charge is 0.251 e. The minimum atomic E-state index is -0.185. The first kappa shape index (κ1) is 19.5. The van der Waals surface area contributed by atoms with Gasteiger partial charge in [-0.1, -0.05) is 36.4 Å². The molecule has 1 aliphatic rings. The van der Waals surface area contributed by atoms with Crippen molar-refractivity contribution in [2.75, 3.05) is 19.6 Å². The molecule has 0 saturated carbocycles. The molecule has 0 aliphatic carbocycles. The van der Waals surface area contributed by atoms with E-state index in [2.05, 4.69) is 10.2 Å². The van der Waals surface area contributed by atoms with E-state index >= 15 is 0 Å². The lowest BCUT2D eigenvalue weighted by atomic mass is 10.0. The molecule has 2 atom stereocenters. The Morgan fingerprint density at radius 2 is 1.93 bits per heavy atom. The molecule has 144 valence electrons. The number of rotatable bonds is 8. The lowest BCUT2D eigenvalue weighted by Gasteiger charge is -2.26. The van der Waals surface area contributed by atoms with Crippen LogP contribution in [-0.2, 0) is 6.42 Å². The molecule has 0 spiro atoms. The Balaban J connectivity index is 1.44. The van der Waals surface area contributed by atoms with Gasteiger partial charge in [0, 0.05) is 24.2 Å². The van der Waals surface area contributed by atoms with Crippen molar-refractivity contribution >= 4 is 5.91 Å². The van der Waals surface area contributed by atoms with E-state index in [0.717, 1.165) is 32.4 Å². The van der Waals surface area contributed by atoms with E-state index in [9.17, 15) is 9.18 Å². The number of carbonyl (C=O) groups is 1. The highest BCUT2D eigenvalue weighted by Gasteiger charge is 2.25. The number of benzene rings is 2. The predicted molar refractivity (Wildman–Crippen MR) is 106 cm³/mol. The second-order valence-corrected chi connectivity index (χ2v) is 7.25. The number of nitrogens with zero attached hydrogens (tertiary/aromatic N) is 1. The predicted octanol–water partition coefficient (Wildman–Crippen LogP) is 2.98. The number of hydrogen-bond donors (Lipinski definition) is 2. The second-order valence-electron chi connectivity index (χ2n) is 7.25. The Morgan fingerprint density at radius 1 is 1.19 bits per heavy atom. The van der Waals surface area contributed by atoms with Gasteiger partial charge in [0.2, 0.25) is 0 Å². The Labute approximate surface area is 160 Å². The topological polar surface area (TPSA) is 58.4 Å². The molecule has 1 saturated heterocycles. The SMILES string of the molecule is N[C@@H](CCN1CCC[C@H]1CNC(=O)c1ccccc1)Cc1ccccc1F. The molecular formula is C22H28FN3O. The minimum absolute atomic E-state index is 0.0290. The third-order valence-electron chi connectivity index (χ3n) is 5.26. The van der Waals surface area contributed by atoms with Gasteiger partial charge in [0.05, 0.1) is 0 Å². The van der Waals surface area contributed by atoms with Crippen LogP contribution in [-0.4, -0.2) is 42.5 Å². The summed E-state index contributed by atoms with van der Waals surface area (Å²) in [6, 6.07) is 16.4. The van der Waals surface area contributed by atoms with Gasteiger partial charge in [0.15, 0.2) is 0 Å². The van der Waals surface area contributed by atoms with Crippen LogP contribution in [0.3, 0.4) is 0 Å². The maximum atomic E-state index is 13.8. The summed E-state index contributed by atoms with van der Waals surface area (Å²) in [5.41, 5.74) is 7.60. The average Bonchev–Trinajstić information content (AvgIpc) is 3.14. The van der Waals surface area contributed by atoms with Crippen LogP contribution >= 0.6 is 0 Å². The van der Waals surface area contributed by atoms with Crippen molar-refractivity contribution in [3.8, 4) is 0 Å². The maximum absolute atomic E-state index is 13.8. The summed E-state index contributed by atoms with van der Waals surface area (Å²) in [5, 5.41) is 3.04. The molecule has 3 N–H and O–H groups in total. The Morgan fingerprint density at radius 3 is 2.70 bits per heavy atom.